The number of carbonyl (C=O) groups excluding carboxylic acids is 2. The summed E-state index contributed by atoms with van der Waals surface area (Å²) in [5, 5.41) is 2.83. The molecule has 0 bridgehead atoms. The van der Waals surface area contributed by atoms with E-state index in [-0.39, 0.29) is 18.5 Å². The summed E-state index contributed by atoms with van der Waals surface area (Å²) >= 11 is 0. The highest BCUT2D eigenvalue weighted by Crippen LogP contribution is 2.29. The van der Waals surface area contributed by atoms with E-state index in [9.17, 15) is 9.59 Å². The van der Waals surface area contributed by atoms with Crippen LogP contribution in [0.15, 0.2) is 85.2 Å². The minimum atomic E-state index is -0.546. The smallest absolute Gasteiger partial charge is 0.413 e. The molecule has 3 aromatic carbocycles. The average molecular weight is 470 g/mol. The van der Waals surface area contributed by atoms with Gasteiger partial charge in [-0.15, -0.1) is 0 Å². The van der Waals surface area contributed by atoms with Crippen LogP contribution in [-0.4, -0.2) is 28.7 Å². The molecule has 1 aromatic heterocycles. The molecule has 1 heterocycles. The molecule has 1 N–H and O–H groups in total. The molecule has 0 radical (unpaired) electrons. The van der Waals surface area contributed by atoms with Crippen molar-refractivity contribution < 1.29 is 19.1 Å². The van der Waals surface area contributed by atoms with E-state index in [0.717, 1.165) is 27.8 Å². The quantitative estimate of drug-likeness (QED) is 0.347. The SMILES string of the molecule is COC(=O)Cc1ccc(-c2ccc(-c3ncn(C)c3NC(=O)OC(C)c3ccccc3)cc2)cc1. The van der Waals surface area contributed by atoms with Gasteiger partial charge >= 0.3 is 12.1 Å². The minimum absolute atomic E-state index is 0.248. The second kappa shape index (κ2) is 10.7. The van der Waals surface area contributed by atoms with E-state index >= 15 is 0 Å². The molecule has 7 heteroatoms. The van der Waals surface area contributed by atoms with Gasteiger partial charge in [0.05, 0.1) is 19.9 Å². The molecule has 1 amide bonds. The van der Waals surface area contributed by atoms with Gasteiger partial charge in [-0.25, -0.2) is 9.78 Å². The molecule has 0 aliphatic heterocycles. The summed E-state index contributed by atoms with van der Waals surface area (Å²) in [6.45, 7) is 1.83. The van der Waals surface area contributed by atoms with Crippen LogP contribution in [0.25, 0.3) is 22.4 Å². The number of hydrogen-bond acceptors (Lipinski definition) is 5. The highest BCUT2D eigenvalue weighted by molar-refractivity contribution is 5.89. The van der Waals surface area contributed by atoms with Gasteiger partial charge < -0.3 is 14.0 Å². The van der Waals surface area contributed by atoms with Crippen molar-refractivity contribution in [3.63, 3.8) is 0 Å². The van der Waals surface area contributed by atoms with E-state index in [0.29, 0.717) is 11.5 Å². The number of carbonyl (C=O) groups is 2. The molecule has 0 aliphatic carbocycles. The maximum atomic E-state index is 12.6. The first-order valence-electron chi connectivity index (χ1n) is 11.2. The molecule has 0 aliphatic rings. The zero-order valence-corrected chi connectivity index (χ0v) is 19.9. The molecule has 7 nitrogen and oxygen atoms in total. The van der Waals surface area contributed by atoms with Crippen LogP contribution < -0.4 is 5.32 Å². The van der Waals surface area contributed by atoms with E-state index in [4.69, 9.17) is 9.47 Å². The molecule has 178 valence electrons. The van der Waals surface area contributed by atoms with Crippen LogP contribution in [0.4, 0.5) is 10.6 Å². The second-order valence-corrected chi connectivity index (χ2v) is 8.16. The topological polar surface area (TPSA) is 82.5 Å². The number of benzene rings is 3. The van der Waals surface area contributed by atoms with Crippen molar-refractivity contribution in [1.29, 1.82) is 0 Å². The summed E-state index contributed by atoms with van der Waals surface area (Å²) in [6.07, 6.45) is 0.970. The Labute approximate surface area is 204 Å². The summed E-state index contributed by atoms with van der Waals surface area (Å²) in [6, 6.07) is 25.3. The molecule has 0 fully saturated rings. The lowest BCUT2D eigenvalue weighted by molar-refractivity contribution is -0.139. The van der Waals surface area contributed by atoms with Gasteiger partial charge in [0.1, 0.15) is 17.6 Å². The van der Waals surface area contributed by atoms with Gasteiger partial charge in [0.15, 0.2) is 0 Å². The van der Waals surface area contributed by atoms with Crippen molar-refractivity contribution in [2.75, 3.05) is 12.4 Å². The Morgan fingerprint density at radius 3 is 2.14 bits per heavy atom. The predicted molar refractivity (Wildman–Crippen MR) is 135 cm³/mol. The van der Waals surface area contributed by atoms with Crippen LogP contribution in [0.2, 0.25) is 0 Å². The molecule has 0 spiro atoms. The molecule has 4 aromatic rings. The number of aryl methyl sites for hydroxylation is 1. The van der Waals surface area contributed by atoms with Crippen molar-refractivity contribution in [3.05, 3.63) is 96.3 Å². The summed E-state index contributed by atoms with van der Waals surface area (Å²) in [5.74, 6) is 0.287. The average Bonchev–Trinajstić information content (AvgIpc) is 3.24. The number of esters is 1. The lowest BCUT2D eigenvalue weighted by atomic mass is 10.0. The highest BCUT2D eigenvalue weighted by Gasteiger charge is 2.17. The molecule has 4 rings (SSSR count). The minimum Gasteiger partial charge on any atom is -0.469 e. The van der Waals surface area contributed by atoms with Crippen molar-refractivity contribution in [2.24, 2.45) is 7.05 Å². The Bertz CT molecular complexity index is 1300. The Hall–Kier alpha value is -4.39. The summed E-state index contributed by atoms with van der Waals surface area (Å²) in [5.41, 5.74) is 5.39. The first-order chi connectivity index (χ1) is 16.9. The number of hydrogen-bond donors (Lipinski definition) is 1. The van der Waals surface area contributed by atoms with Crippen molar-refractivity contribution >= 4 is 17.9 Å². The number of methoxy groups -OCH3 is 1. The highest BCUT2D eigenvalue weighted by atomic mass is 16.6. The summed E-state index contributed by atoms with van der Waals surface area (Å²) < 4.78 is 12.0. The monoisotopic (exact) mass is 469 g/mol. The second-order valence-electron chi connectivity index (χ2n) is 8.16. The van der Waals surface area contributed by atoms with Gasteiger partial charge in [0.2, 0.25) is 0 Å². The third-order valence-electron chi connectivity index (χ3n) is 5.73. The van der Waals surface area contributed by atoms with Crippen LogP contribution in [0.1, 0.15) is 24.2 Å². The molecular weight excluding hydrogens is 442 g/mol. The Morgan fingerprint density at radius 1 is 0.914 bits per heavy atom. The Morgan fingerprint density at radius 2 is 1.51 bits per heavy atom. The largest absolute Gasteiger partial charge is 0.469 e. The van der Waals surface area contributed by atoms with Gasteiger partial charge in [0, 0.05) is 12.6 Å². The van der Waals surface area contributed by atoms with Crippen molar-refractivity contribution in [2.45, 2.75) is 19.4 Å². The first kappa shape index (κ1) is 23.8. The van der Waals surface area contributed by atoms with Crippen LogP contribution >= 0.6 is 0 Å². The number of aromatic nitrogens is 2. The summed E-state index contributed by atoms with van der Waals surface area (Å²) in [7, 11) is 3.20. The number of amides is 1. The number of rotatable bonds is 7. The molecular formula is C28H27N3O4. The molecule has 0 saturated carbocycles. The molecule has 1 atom stereocenters. The van der Waals surface area contributed by atoms with Gasteiger partial charge in [-0.3, -0.25) is 10.1 Å². The zero-order valence-electron chi connectivity index (χ0n) is 19.9. The number of nitrogens with zero attached hydrogens (tertiary/aromatic N) is 2. The zero-order chi connectivity index (χ0) is 24.8. The standard InChI is InChI=1S/C28H27N3O4/c1-19(21-7-5-4-6-8-21)35-28(33)30-27-26(29-18-31(27)2)24-15-13-23(14-16-24)22-11-9-20(10-12-22)17-25(32)34-3/h4-16,18-19H,17H2,1-3H3,(H,30,33). The van der Waals surface area contributed by atoms with E-state index in [1.165, 1.54) is 7.11 Å². The van der Waals surface area contributed by atoms with Crippen LogP contribution in [0.5, 0.6) is 0 Å². The number of anilines is 1. The van der Waals surface area contributed by atoms with Gasteiger partial charge in [-0.05, 0) is 29.2 Å². The van der Waals surface area contributed by atoms with Crippen LogP contribution in [-0.2, 0) is 27.7 Å². The van der Waals surface area contributed by atoms with E-state index in [1.54, 1.807) is 10.9 Å². The lowest BCUT2D eigenvalue weighted by Gasteiger charge is -2.15. The predicted octanol–water partition coefficient (Wildman–Crippen LogP) is 5.78. The Kier molecular flexibility index (Phi) is 7.26. The fourth-order valence-corrected chi connectivity index (χ4v) is 3.74. The van der Waals surface area contributed by atoms with E-state index in [2.05, 4.69) is 10.3 Å². The lowest BCUT2D eigenvalue weighted by Crippen LogP contribution is -2.18. The van der Waals surface area contributed by atoms with E-state index < -0.39 is 6.09 Å². The molecule has 1 unspecified atom stereocenters. The Balaban J connectivity index is 1.46. The number of ether oxygens (including phenoxy) is 2. The normalized spacial score (nSPS) is 11.5. The van der Waals surface area contributed by atoms with Gasteiger partial charge in [-0.2, -0.15) is 0 Å². The van der Waals surface area contributed by atoms with Crippen molar-refractivity contribution in [1.82, 2.24) is 9.55 Å². The summed E-state index contributed by atoms with van der Waals surface area (Å²) in [4.78, 5) is 28.5. The van der Waals surface area contributed by atoms with E-state index in [1.807, 2.05) is 92.8 Å². The fourth-order valence-electron chi connectivity index (χ4n) is 3.74. The molecule has 0 saturated heterocycles. The number of imidazole rings is 1. The number of nitrogens with one attached hydrogen (secondary N) is 1. The van der Waals surface area contributed by atoms with Crippen LogP contribution in [0, 0.1) is 0 Å². The third-order valence-corrected chi connectivity index (χ3v) is 5.73. The van der Waals surface area contributed by atoms with Gasteiger partial charge in [-0.1, -0.05) is 78.9 Å². The maximum Gasteiger partial charge on any atom is 0.413 e. The third kappa shape index (κ3) is 5.76. The van der Waals surface area contributed by atoms with Crippen LogP contribution in [0.3, 0.4) is 0 Å². The fraction of sp³-hybridized carbons (Fsp3) is 0.179. The van der Waals surface area contributed by atoms with Crippen molar-refractivity contribution in [3.8, 4) is 22.4 Å². The first-order valence-corrected chi connectivity index (χ1v) is 11.2. The van der Waals surface area contributed by atoms with Gasteiger partial charge in [0.25, 0.3) is 0 Å². The molecule has 35 heavy (non-hydrogen) atoms. The maximum absolute atomic E-state index is 12.6.